The van der Waals surface area contributed by atoms with Crippen LogP contribution in [0.1, 0.15) is 0 Å². The van der Waals surface area contributed by atoms with Crippen LogP contribution in [0.5, 0.6) is 0 Å². The molecule has 0 spiro atoms. The van der Waals surface area contributed by atoms with Gasteiger partial charge in [-0.25, -0.2) is 0 Å². The van der Waals surface area contributed by atoms with Crippen molar-refractivity contribution in [3.05, 3.63) is 73.3 Å². The molecule has 0 atom stereocenters. The van der Waals surface area contributed by atoms with E-state index in [2.05, 4.69) is 32.3 Å². The van der Waals surface area contributed by atoms with E-state index < -0.39 is 0 Å². The van der Waals surface area contributed by atoms with Crippen LogP contribution >= 0.6 is 0 Å². The summed E-state index contributed by atoms with van der Waals surface area (Å²) in [4.78, 5) is 16.1. The van der Waals surface area contributed by atoms with Crippen molar-refractivity contribution in [3.8, 4) is 0 Å². The molecule has 4 nitrogen and oxygen atoms in total. The number of aromatic nitrogens is 4. The fraction of sp³-hybridized carbons (Fsp3) is 0. The molecule has 0 saturated heterocycles. The molecule has 0 bridgehead atoms. The van der Waals surface area contributed by atoms with Crippen molar-refractivity contribution in [2.45, 2.75) is 0 Å². The second-order valence-corrected chi connectivity index (χ2v) is 3.98. The molecule has 2 aromatic heterocycles. The standard InChI is InChI=1S/2C8H5N2.Zn/c2*1-2-4-8-7(3-1)9-5-6-10-8;/h2*1-5H;/q2*-1;+2. The Balaban J connectivity index is 0.000000147. The summed E-state index contributed by atoms with van der Waals surface area (Å²) in [7, 11) is 0. The van der Waals surface area contributed by atoms with Gasteiger partial charge in [0, 0.05) is 11.0 Å². The number of fused-ring (bicyclic) bond motifs is 2. The topological polar surface area (TPSA) is 51.6 Å². The Morgan fingerprint density at radius 3 is 1.33 bits per heavy atom. The van der Waals surface area contributed by atoms with Gasteiger partial charge in [-0.05, 0) is 12.4 Å². The van der Waals surface area contributed by atoms with Gasteiger partial charge in [0.05, 0.1) is 0 Å². The van der Waals surface area contributed by atoms with Gasteiger partial charge in [0.15, 0.2) is 0 Å². The van der Waals surface area contributed by atoms with Gasteiger partial charge >= 0.3 is 19.5 Å². The summed E-state index contributed by atoms with van der Waals surface area (Å²) in [5.74, 6) is 0. The number of para-hydroxylation sites is 4. The van der Waals surface area contributed by atoms with E-state index >= 15 is 0 Å². The van der Waals surface area contributed by atoms with Gasteiger partial charge in [0.2, 0.25) is 0 Å². The van der Waals surface area contributed by atoms with Crippen molar-refractivity contribution in [2.24, 2.45) is 0 Å². The van der Waals surface area contributed by atoms with E-state index in [0.29, 0.717) is 0 Å². The number of hydrogen-bond donors (Lipinski definition) is 0. The van der Waals surface area contributed by atoms with Crippen LogP contribution < -0.4 is 0 Å². The SMILES string of the molecule is [Zn+2].[c-]1cnc2ccccc2n1.[c-]1cnc2ccccc2n1. The van der Waals surface area contributed by atoms with E-state index in [1.807, 2.05) is 48.5 Å². The van der Waals surface area contributed by atoms with E-state index in [4.69, 9.17) is 0 Å². The minimum Gasteiger partial charge on any atom is -0.448 e. The first-order valence-corrected chi connectivity index (χ1v) is 6.09. The smallest absolute Gasteiger partial charge is 0.448 e. The van der Waals surface area contributed by atoms with Crippen LogP contribution in [-0.2, 0) is 19.5 Å². The number of nitrogens with zero attached hydrogens (tertiary/aromatic N) is 4. The van der Waals surface area contributed by atoms with Gasteiger partial charge in [-0.2, -0.15) is 0 Å². The monoisotopic (exact) mass is 322 g/mol. The molecular weight excluding hydrogens is 314 g/mol. The van der Waals surface area contributed by atoms with Crippen molar-refractivity contribution in [1.29, 1.82) is 0 Å². The molecule has 5 heteroatoms. The minimum absolute atomic E-state index is 0. The maximum Gasteiger partial charge on any atom is 2.00 e. The summed E-state index contributed by atoms with van der Waals surface area (Å²) in [6.07, 6.45) is 8.49. The first kappa shape index (κ1) is 15.1. The third-order valence-electron chi connectivity index (χ3n) is 2.66. The minimum atomic E-state index is 0. The van der Waals surface area contributed by atoms with Crippen molar-refractivity contribution in [1.82, 2.24) is 19.9 Å². The molecular formula is C16H10N4Zn. The molecule has 0 unspecified atom stereocenters. The van der Waals surface area contributed by atoms with E-state index in [1.54, 1.807) is 12.4 Å². The van der Waals surface area contributed by atoms with Crippen molar-refractivity contribution in [2.75, 3.05) is 0 Å². The average Bonchev–Trinajstić information content (AvgIpc) is 2.56. The van der Waals surface area contributed by atoms with Gasteiger partial charge in [-0.15, -0.1) is 24.5 Å². The predicted molar refractivity (Wildman–Crippen MR) is 76.7 cm³/mol. The largest absolute Gasteiger partial charge is 2.00 e. The molecule has 2 heterocycles. The molecule has 0 saturated carbocycles. The summed E-state index contributed by atoms with van der Waals surface area (Å²) in [5.41, 5.74) is 3.62. The molecule has 0 radical (unpaired) electrons. The summed E-state index contributed by atoms with van der Waals surface area (Å²) < 4.78 is 0. The number of benzene rings is 2. The Hall–Kier alpha value is -2.26. The maximum atomic E-state index is 4.06. The van der Waals surface area contributed by atoms with Gasteiger partial charge in [0.1, 0.15) is 0 Å². The summed E-state index contributed by atoms with van der Waals surface area (Å²) in [5, 5.41) is 0. The van der Waals surface area contributed by atoms with Gasteiger partial charge in [0.25, 0.3) is 0 Å². The molecule has 0 N–H and O–H groups in total. The normalized spacial score (nSPS) is 9.52. The van der Waals surface area contributed by atoms with Crippen molar-refractivity contribution in [3.63, 3.8) is 0 Å². The Morgan fingerprint density at radius 2 is 0.952 bits per heavy atom. The molecule has 0 aliphatic rings. The first-order chi connectivity index (χ1) is 9.93. The van der Waals surface area contributed by atoms with E-state index in [0.717, 1.165) is 22.1 Å². The zero-order valence-electron chi connectivity index (χ0n) is 11.3. The summed E-state index contributed by atoms with van der Waals surface area (Å²) in [6.45, 7) is 0. The fourth-order valence-corrected chi connectivity index (χ4v) is 1.73. The van der Waals surface area contributed by atoms with E-state index in [1.165, 1.54) is 0 Å². The molecule has 0 amide bonds. The second kappa shape index (κ2) is 7.51. The molecule has 4 aromatic rings. The zero-order chi connectivity index (χ0) is 13.6. The van der Waals surface area contributed by atoms with Crippen molar-refractivity contribution >= 4 is 22.1 Å². The molecule has 4 rings (SSSR count). The Morgan fingerprint density at radius 1 is 0.571 bits per heavy atom. The van der Waals surface area contributed by atoms with Crippen molar-refractivity contribution < 1.29 is 19.5 Å². The Kier molecular flexibility index (Phi) is 5.41. The van der Waals surface area contributed by atoms with Crippen LogP contribution in [0.25, 0.3) is 22.1 Å². The molecule has 21 heavy (non-hydrogen) atoms. The fourth-order valence-electron chi connectivity index (χ4n) is 1.73. The maximum absolute atomic E-state index is 4.06. The van der Waals surface area contributed by atoms with Gasteiger partial charge in [-0.1, -0.05) is 47.4 Å². The molecule has 0 aliphatic carbocycles. The predicted octanol–water partition coefficient (Wildman–Crippen LogP) is 2.86. The third kappa shape index (κ3) is 3.86. The van der Waals surface area contributed by atoms with Crippen LogP contribution in [0.4, 0.5) is 0 Å². The van der Waals surface area contributed by atoms with Crippen LogP contribution in [-0.4, -0.2) is 19.9 Å². The number of hydrogen-bond acceptors (Lipinski definition) is 4. The van der Waals surface area contributed by atoms with E-state index in [9.17, 15) is 0 Å². The molecule has 96 valence electrons. The summed E-state index contributed by atoms with van der Waals surface area (Å²) in [6, 6.07) is 15.4. The Labute approximate surface area is 135 Å². The van der Waals surface area contributed by atoms with Crippen LogP contribution in [0.2, 0.25) is 0 Å². The van der Waals surface area contributed by atoms with Crippen LogP contribution in [0, 0.1) is 12.4 Å². The number of rotatable bonds is 0. The molecule has 0 aliphatic heterocycles. The quantitative estimate of drug-likeness (QED) is 0.369. The van der Waals surface area contributed by atoms with Gasteiger partial charge < -0.3 is 9.97 Å². The zero-order valence-corrected chi connectivity index (χ0v) is 14.2. The van der Waals surface area contributed by atoms with Crippen LogP contribution in [0.3, 0.4) is 0 Å². The average molecular weight is 324 g/mol. The van der Waals surface area contributed by atoms with Gasteiger partial charge in [-0.3, -0.25) is 9.97 Å². The van der Waals surface area contributed by atoms with Crippen LogP contribution in [0.15, 0.2) is 60.9 Å². The summed E-state index contributed by atoms with van der Waals surface area (Å²) >= 11 is 0. The second-order valence-electron chi connectivity index (χ2n) is 3.98. The van der Waals surface area contributed by atoms with E-state index in [-0.39, 0.29) is 19.5 Å². The molecule has 0 fully saturated rings. The Bertz CT molecular complexity index is 634. The third-order valence-corrected chi connectivity index (χ3v) is 2.66. The first-order valence-electron chi connectivity index (χ1n) is 6.09. The molecule has 2 aromatic carbocycles.